The molecule has 2 N–H and O–H groups in total. The number of anilines is 1. The van der Waals surface area contributed by atoms with Gasteiger partial charge in [0.1, 0.15) is 11.7 Å². The number of hydrogen-bond donors (Lipinski definition) is 2. The largest absolute Gasteiger partial charge is 0.480 e. The number of carbonyl (C=O) groups is 2. The molecular weight excluding hydrogens is 290 g/mol. The number of benzene rings is 1. The van der Waals surface area contributed by atoms with E-state index in [9.17, 15) is 19.7 Å². The summed E-state index contributed by atoms with van der Waals surface area (Å²) in [7, 11) is 0. The van der Waals surface area contributed by atoms with Crippen LogP contribution in [0.1, 0.15) is 19.3 Å². The fourth-order valence-corrected chi connectivity index (χ4v) is 2.54. The van der Waals surface area contributed by atoms with Crippen molar-refractivity contribution < 1.29 is 19.6 Å². The van der Waals surface area contributed by atoms with E-state index in [-0.39, 0.29) is 23.8 Å². The van der Waals surface area contributed by atoms with Gasteiger partial charge in [0.2, 0.25) is 5.91 Å². The number of amides is 1. The fourth-order valence-electron chi connectivity index (χ4n) is 2.54. The Kier molecular flexibility index (Phi) is 4.92. The van der Waals surface area contributed by atoms with Gasteiger partial charge < -0.3 is 15.3 Å². The summed E-state index contributed by atoms with van der Waals surface area (Å²) < 4.78 is 0. The van der Waals surface area contributed by atoms with E-state index >= 15 is 0 Å². The Hall–Kier alpha value is -2.64. The number of carboxylic acid groups (broad SMARTS) is 1. The molecule has 22 heavy (non-hydrogen) atoms. The van der Waals surface area contributed by atoms with Gasteiger partial charge in [-0.05, 0) is 25.3 Å². The molecule has 1 aromatic carbocycles. The minimum absolute atomic E-state index is 0.122. The Morgan fingerprint density at radius 3 is 2.77 bits per heavy atom. The van der Waals surface area contributed by atoms with E-state index in [0.29, 0.717) is 13.0 Å². The summed E-state index contributed by atoms with van der Waals surface area (Å²) in [5.74, 6) is -1.39. The molecule has 1 amide bonds. The number of hydrogen-bond acceptors (Lipinski definition) is 5. The maximum absolute atomic E-state index is 12.2. The molecule has 2 rings (SSSR count). The average Bonchev–Trinajstić information content (AvgIpc) is 2.52. The Bertz CT molecular complexity index is 590. The molecule has 8 nitrogen and oxygen atoms in total. The monoisotopic (exact) mass is 307 g/mol. The molecule has 1 heterocycles. The van der Waals surface area contributed by atoms with Crippen LogP contribution in [0.15, 0.2) is 24.3 Å². The van der Waals surface area contributed by atoms with E-state index in [2.05, 4.69) is 5.32 Å². The topological polar surface area (TPSA) is 113 Å². The molecule has 1 atom stereocenters. The Morgan fingerprint density at radius 2 is 2.09 bits per heavy atom. The zero-order valence-electron chi connectivity index (χ0n) is 11.9. The molecule has 0 bridgehead atoms. The molecule has 0 saturated carbocycles. The van der Waals surface area contributed by atoms with E-state index in [1.807, 2.05) is 0 Å². The molecule has 8 heteroatoms. The third kappa shape index (κ3) is 3.51. The first-order chi connectivity index (χ1) is 10.5. The van der Waals surface area contributed by atoms with Gasteiger partial charge >= 0.3 is 5.97 Å². The van der Waals surface area contributed by atoms with Crippen LogP contribution in [0.5, 0.6) is 0 Å². The first-order valence-electron chi connectivity index (χ1n) is 7.00. The van der Waals surface area contributed by atoms with Crippen molar-refractivity contribution in [2.24, 2.45) is 0 Å². The fraction of sp³-hybridized carbons (Fsp3) is 0.429. The van der Waals surface area contributed by atoms with Crippen LogP contribution in [0.25, 0.3) is 0 Å². The third-order valence-corrected chi connectivity index (χ3v) is 3.64. The molecule has 0 aromatic heterocycles. The predicted octanol–water partition coefficient (Wildman–Crippen LogP) is 1.47. The molecule has 0 unspecified atom stereocenters. The number of para-hydroxylation sites is 2. The number of nitro benzene ring substituents is 1. The van der Waals surface area contributed by atoms with Crippen LogP contribution < -0.4 is 5.32 Å². The molecule has 118 valence electrons. The summed E-state index contributed by atoms with van der Waals surface area (Å²) in [6, 6.07) is 5.20. The van der Waals surface area contributed by atoms with Crippen molar-refractivity contribution in [3.05, 3.63) is 34.4 Å². The van der Waals surface area contributed by atoms with E-state index in [0.717, 1.165) is 12.8 Å². The molecular formula is C14H17N3O5. The van der Waals surface area contributed by atoms with Crippen molar-refractivity contribution in [2.45, 2.75) is 25.3 Å². The number of piperidine rings is 1. The molecule has 0 radical (unpaired) electrons. The smallest absolute Gasteiger partial charge is 0.326 e. The van der Waals surface area contributed by atoms with Crippen molar-refractivity contribution >= 4 is 23.3 Å². The van der Waals surface area contributed by atoms with E-state index in [4.69, 9.17) is 5.11 Å². The van der Waals surface area contributed by atoms with Crippen molar-refractivity contribution in [1.82, 2.24) is 4.90 Å². The van der Waals surface area contributed by atoms with Gasteiger partial charge in [-0.2, -0.15) is 0 Å². The zero-order chi connectivity index (χ0) is 16.1. The Balaban J connectivity index is 2.03. The number of carbonyl (C=O) groups excluding carboxylic acids is 1. The lowest BCUT2D eigenvalue weighted by Gasteiger charge is -2.33. The number of aliphatic carboxylic acids is 1. The highest BCUT2D eigenvalue weighted by atomic mass is 16.6. The van der Waals surface area contributed by atoms with E-state index < -0.39 is 16.9 Å². The summed E-state index contributed by atoms with van der Waals surface area (Å²) in [4.78, 5) is 35.1. The van der Waals surface area contributed by atoms with E-state index in [1.54, 1.807) is 6.07 Å². The Morgan fingerprint density at radius 1 is 1.36 bits per heavy atom. The lowest BCUT2D eigenvalue weighted by Crippen LogP contribution is -2.49. The molecule has 1 aliphatic rings. The lowest BCUT2D eigenvalue weighted by atomic mass is 10.0. The van der Waals surface area contributed by atoms with Gasteiger partial charge in [0.05, 0.1) is 11.5 Å². The standard InChI is InChI=1S/C14H17N3O5/c18-13(16-8-4-3-7-12(16)14(19)20)9-15-10-5-1-2-6-11(10)17(21)22/h1-2,5-6,12,15H,3-4,7-9H2,(H,19,20)/t12-/m1/s1. The maximum Gasteiger partial charge on any atom is 0.326 e. The van der Waals surface area contributed by atoms with Gasteiger partial charge in [-0.15, -0.1) is 0 Å². The first-order valence-corrected chi connectivity index (χ1v) is 7.00. The van der Waals surface area contributed by atoms with Crippen LogP contribution in [0.4, 0.5) is 11.4 Å². The highest BCUT2D eigenvalue weighted by Crippen LogP contribution is 2.23. The number of likely N-dealkylation sites (tertiary alicyclic amines) is 1. The molecule has 0 aliphatic carbocycles. The van der Waals surface area contributed by atoms with Crippen LogP contribution in [0, 0.1) is 10.1 Å². The molecule has 1 fully saturated rings. The average molecular weight is 307 g/mol. The van der Waals surface area contributed by atoms with Crippen molar-refractivity contribution in [2.75, 3.05) is 18.4 Å². The van der Waals surface area contributed by atoms with Crippen LogP contribution in [0.3, 0.4) is 0 Å². The van der Waals surface area contributed by atoms with Crippen LogP contribution in [0.2, 0.25) is 0 Å². The van der Waals surface area contributed by atoms with Gasteiger partial charge in [0, 0.05) is 12.6 Å². The summed E-state index contributed by atoms with van der Waals surface area (Å²) in [6.45, 7) is 0.225. The first kappa shape index (κ1) is 15.7. The summed E-state index contributed by atoms with van der Waals surface area (Å²) in [5.41, 5.74) is 0.119. The van der Waals surface area contributed by atoms with Crippen LogP contribution >= 0.6 is 0 Å². The van der Waals surface area contributed by atoms with Crippen molar-refractivity contribution in [1.29, 1.82) is 0 Å². The quantitative estimate of drug-likeness (QED) is 0.629. The van der Waals surface area contributed by atoms with Gasteiger partial charge in [-0.1, -0.05) is 12.1 Å². The summed E-state index contributed by atoms with van der Waals surface area (Å²) in [6.07, 6.45) is 1.98. The SMILES string of the molecule is O=C(O)[C@H]1CCCCN1C(=O)CNc1ccccc1[N+](=O)[O-]. The number of carboxylic acids is 1. The molecule has 0 spiro atoms. The summed E-state index contributed by atoms with van der Waals surface area (Å²) >= 11 is 0. The van der Waals surface area contributed by atoms with Crippen LogP contribution in [-0.2, 0) is 9.59 Å². The molecule has 1 saturated heterocycles. The third-order valence-electron chi connectivity index (χ3n) is 3.64. The van der Waals surface area contributed by atoms with Gasteiger partial charge in [0.15, 0.2) is 0 Å². The van der Waals surface area contributed by atoms with Crippen LogP contribution in [-0.4, -0.2) is 45.9 Å². The number of nitrogens with one attached hydrogen (secondary N) is 1. The van der Waals surface area contributed by atoms with Crippen molar-refractivity contribution in [3.8, 4) is 0 Å². The highest BCUT2D eigenvalue weighted by molar-refractivity contribution is 5.87. The maximum atomic E-state index is 12.2. The molecule has 1 aliphatic heterocycles. The second kappa shape index (κ2) is 6.88. The Labute approximate surface area is 126 Å². The second-order valence-electron chi connectivity index (χ2n) is 5.06. The number of nitro groups is 1. The lowest BCUT2D eigenvalue weighted by molar-refractivity contribution is -0.383. The second-order valence-corrected chi connectivity index (χ2v) is 5.06. The highest BCUT2D eigenvalue weighted by Gasteiger charge is 2.31. The van der Waals surface area contributed by atoms with Gasteiger partial charge in [-0.25, -0.2) is 4.79 Å². The predicted molar refractivity (Wildman–Crippen MR) is 78.6 cm³/mol. The molecule has 1 aromatic rings. The van der Waals surface area contributed by atoms with Crippen molar-refractivity contribution in [3.63, 3.8) is 0 Å². The van der Waals surface area contributed by atoms with Gasteiger partial charge in [0.25, 0.3) is 5.69 Å². The zero-order valence-corrected chi connectivity index (χ0v) is 11.9. The number of rotatable bonds is 5. The number of nitrogens with zero attached hydrogens (tertiary/aromatic N) is 2. The summed E-state index contributed by atoms with van der Waals surface area (Å²) in [5, 5.41) is 22.8. The van der Waals surface area contributed by atoms with E-state index in [1.165, 1.54) is 23.1 Å². The minimum Gasteiger partial charge on any atom is -0.480 e. The normalized spacial score (nSPS) is 17.8. The van der Waals surface area contributed by atoms with Gasteiger partial charge in [-0.3, -0.25) is 14.9 Å². The minimum atomic E-state index is -1.02.